The summed E-state index contributed by atoms with van der Waals surface area (Å²) < 4.78 is 1.08. The van der Waals surface area contributed by atoms with E-state index in [-0.39, 0.29) is 12.5 Å². The number of benzene rings is 3. The predicted octanol–water partition coefficient (Wildman–Crippen LogP) is 4.17. The number of hydrogen-bond acceptors (Lipinski definition) is 4. The summed E-state index contributed by atoms with van der Waals surface area (Å²) in [6.45, 7) is 1.40. The molecule has 0 saturated heterocycles. The summed E-state index contributed by atoms with van der Waals surface area (Å²) >= 11 is 3.66. The smallest absolute Gasteiger partial charge is 0.136 e. The molecule has 3 aromatic carbocycles. The van der Waals surface area contributed by atoms with E-state index in [2.05, 4.69) is 68.2 Å². The van der Waals surface area contributed by atoms with E-state index < -0.39 is 0 Å². The fraction of sp³-hybridized carbons (Fsp3) is 0.182. The lowest BCUT2D eigenvalue weighted by Gasteiger charge is -2.47. The Labute approximate surface area is 168 Å². The normalized spacial score (nSPS) is 19.7. The van der Waals surface area contributed by atoms with Gasteiger partial charge >= 0.3 is 0 Å². The van der Waals surface area contributed by atoms with Crippen LogP contribution in [0.5, 0.6) is 0 Å². The number of anilines is 1. The van der Waals surface area contributed by atoms with Crippen LogP contribution in [0, 0.1) is 0 Å². The van der Waals surface area contributed by atoms with Gasteiger partial charge in [0.1, 0.15) is 6.29 Å². The summed E-state index contributed by atoms with van der Waals surface area (Å²) in [4.78, 5) is 4.37. The molecule has 2 unspecified atom stereocenters. The van der Waals surface area contributed by atoms with E-state index in [0.717, 1.165) is 15.7 Å². The van der Waals surface area contributed by atoms with Crippen LogP contribution in [0.3, 0.4) is 0 Å². The zero-order valence-corrected chi connectivity index (χ0v) is 16.6. The number of nitrogens with two attached hydrogens (primary N) is 2. The number of rotatable bonds is 4. The molecule has 0 aromatic heterocycles. The van der Waals surface area contributed by atoms with E-state index in [1.807, 2.05) is 36.4 Å². The first kappa shape index (κ1) is 18.2. The molecule has 0 fully saturated rings. The molecule has 0 spiro atoms. The lowest BCUT2D eigenvalue weighted by atomic mass is 10.0. The summed E-state index contributed by atoms with van der Waals surface area (Å²) in [6.07, 6.45) is -0.561. The molecule has 1 aliphatic rings. The van der Waals surface area contributed by atoms with Gasteiger partial charge in [-0.2, -0.15) is 0 Å². The van der Waals surface area contributed by atoms with Gasteiger partial charge in [0.05, 0.1) is 6.17 Å². The van der Waals surface area contributed by atoms with Crippen LogP contribution in [-0.4, -0.2) is 11.2 Å². The van der Waals surface area contributed by atoms with E-state index in [1.54, 1.807) is 0 Å². The Morgan fingerprint density at radius 3 is 2.22 bits per heavy atom. The molecule has 138 valence electrons. The van der Waals surface area contributed by atoms with E-state index >= 15 is 0 Å². The molecule has 4 rings (SSSR count). The van der Waals surface area contributed by atoms with Crippen LogP contribution >= 0.6 is 15.9 Å². The second-order valence-corrected chi connectivity index (χ2v) is 7.65. The number of para-hydroxylation sites is 1. The quantitative estimate of drug-likeness (QED) is 0.662. The van der Waals surface area contributed by atoms with Crippen molar-refractivity contribution in [3.8, 4) is 0 Å². The van der Waals surface area contributed by atoms with Crippen molar-refractivity contribution in [2.45, 2.75) is 25.5 Å². The first-order valence-corrected chi connectivity index (χ1v) is 9.84. The molecule has 0 saturated carbocycles. The van der Waals surface area contributed by atoms with Gasteiger partial charge in [-0.05, 0) is 23.3 Å². The minimum absolute atomic E-state index is 0.244. The Morgan fingerprint density at radius 1 is 0.778 bits per heavy atom. The Kier molecular flexibility index (Phi) is 5.27. The van der Waals surface area contributed by atoms with Crippen molar-refractivity contribution in [3.63, 3.8) is 0 Å². The third kappa shape index (κ3) is 3.64. The minimum Gasteiger partial charge on any atom is -0.339 e. The van der Waals surface area contributed by atoms with Gasteiger partial charge in [0.25, 0.3) is 0 Å². The van der Waals surface area contributed by atoms with Crippen molar-refractivity contribution in [1.29, 1.82) is 0 Å². The second-order valence-electron chi connectivity index (χ2n) is 6.79. The van der Waals surface area contributed by atoms with Crippen LogP contribution in [0.15, 0.2) is 83.3 Å². The van der Waals surface area contributed by atoms with Gasteiger partial charge in [-0.15, -0.1) is 0 Å². The van der Waals surface area contributed by atoms with Crippen LogP contribution in [0.2, 0.25) is 0 Å². The Morgan fingerprint density at radius 2 is 1.44 bits per heavy atom. The lowest BCUT2D eigenvalue weighted by molar-refractivity contribution is 0.112. The molecule has 1 heterocycles. The van der Waals surface area contributed by atoms with E-state index in [9.17, 15) is 0 Å². The molecular formula is C22H23BrN4. The topological polar surface area (TPSA) is 58.5 Å². The van der Waals surface area contributed by atoms with Crippen molar-refractivity contribution in [3.05, 3.63) is 100 Å². The van der Waals surface area contributed by atoms with Crippen molar-refractivity contribution in [2.24, 2.45) is 11.5 Å². The molecule has 5 heteroatoms. The van der Waals surface area contributed by atoms with Gasteiger partial charge in [0, 0.05) is 28.8 Å². The Bertz CT molecular complexity index is 915. The van der Waals surface area contributed by atoms with Gasteiger partial charge in [-0.3, -0.25) is 5.73 Å². The molecule has 1 aliphatic heterocycles. The van der Waals surface area contributed by atoms with Crippen LogP contribution < -0.4 is 16.4 Å². The third-order valence-electron chi connectivity index (χ3n) is 5.09. The molecule has 0 aliphatic carbocycles. The molecule has 2 atom stereocenters. The average Bonchev–Trinajstić information content (AvgIpc) is 2.70. The van der Waals surface area contributed by atoms with Crippen molar-refractivity contribution < 1.29 is 0 Å². The molecule has 3 aromatic rings. The number of fused-ring (bicyclic) bond motifs is 1. The highest BCUT2D eigenvalue weighted by atomic mass is 79.9. The van der Waals surface area contributed by atoms with Crippen LogP contribution in [0.4, 0.5) is 5.69 Å². The highest BCUT2D eigenvalue weighted by Gasteiger charge is 2.35. The summed E-state index contributed by atoms with van der Waals surface area (Å²) in [5.41, 5.74) is 17.9. The van der Waals surface area contributed by atoms with Gasteiger partial charge in [0.15, 0.2) is 0 Å². The number of halogens is 1. The Balaban J connectivity index is 1.71. The molecule has 4 nitrogen and oxygen atoms in total. The van der Waals surface area contributed by atoms with Gasteiger partial charge in [-0.1, -0.05) is 82.7 Å². The summed E-state index contributed by atoms with van der Waals surface area (Å²) in [5, 5.41) is 0. The van der Waals surface area contributed by atoms with Crippen LogP contribution in [0.1, 0.15) is 22.9 Å². The number of nitrogens with zero attached hydrogens (tertiary/aromatic N) is 2. The van der Waals surface area contributed by atoms with Crippen LogP contribution in [-0.2, 0) is 13.1 Å². The molecule has 4 N–H and O–H groups in total. The zero-order valence-electron chi connectivity index (χ0n) is 15.0. The van der Waals surface area contributed by atoms with Gasteiger partial charge < -0.3 is 10.6 Å². The maximum atomic E-state index is 6.73. The summed E-state index contributed by atoms with van der Waals surface area (Å²) in [5.74, 6) is 0. The Hall–Kier alpha value is -2.18. The van der Waals surface area contributed by atoms with Crippen molar-refractivity contribution in [1.82, 2.24) is 4.90 Å². The van der Waals surface area contributed by atoms with Gasteiger partial charge in [0.2, 0.25) is 0 Å². The van der Waals surface area contributed by atoms with Crippen molar-refractivity contribution in [2.75, 3.05) is 4.90 Å². The van der Waals surface area contributed by atoms with E-state index in [0.29, 0.717) is 13.1 Å². The maximum Gasteiger partial charge on any atom is 0.136 e. The highest BCUT2D eigenvalue weighted by Crippen LogP contribution is 2.37. The van der Waals surface area contributed by atoms with E-state index in [1.165, 1.54) is 11.1 Å². The monoisotopic (exact) mass is 422 g/mol. The predicted molar refractivity (Wildman–Crippen MR) is 114 cm³/mol. The van der Waals surface area contributed by atoms with E-state index in [4.69, 9.17) is 11.5 Å². The van der Waals surface area contributed by atoms with Crippen molar-refractivity contribution >= 4 is 21.6 Å². The summed E-state index contributed by atoms with van der Waals surface area (Å²) in [7, 11) is 0. The number of hydrogen-bond donors (Lipinski definition) is 2. The first-order valence-electron chi connectivity index (χ1n) is 9.05. The molecule has 0 radical (unpaired) electrons. The second kappa shape index (κ2) is 7.82. The first-order chi connectivity index (χ1) is 13.1. The molecule has 0 amide bonds. The average molecular weight is 423 g/mol. The minimum atomic E-state index is -0.317. The molecule has 0 bridgehead atoms. The summed E-state index contributed by atoms with van der Waals surface area (Å²) in [6, 6.07) is 26.9. The molecular weight excluding hydrogens is 400 g/mol. The van der Waals surface area contributed by atoms with Gasteiger partial charge in [-0.25, -0.2) is 4.90 Å². The fourth-order valence-corrected chi connectivity index (χ4v) is 4.05. The standard InChI is InChI=1S/C22H23BrN4/c23-19-12-6-4-10-17(19)15-26-20-13-7-5-11-18(20)21(24)27(22(26)25)14-16-8-2-1-3-9-16/h1-13,21-22H,14-15,24-25H2. The lowest BCUT2D eigenvalue weighted by Crippen LogP contribution is -2.59. The van der Waals surface area contributed by atoms with Crippen LogP contribution in [0.25, 0.3) is 0 Å². The SMILES string of the molecule is NC1c2ccccc2N(Cc2ccccc2Br)C(N)N1Cc1ccccc1. The maximum absolute atomic E-state index is 6.73. The fourth-order valence-electron chi connectivity index (χ4n) is 3.64. The largest absolute Gasteiger partial charge is 0.339 e. The highest BCUT2D eigenvalue weighted by molar-refractivity contribution is 9.10. The zero-order chi connectivity index (χ0) is 18.8. The third-order valence-corrected chi connectivity index (χ3v) is 5.86. The molecule has 27 heavy (non-hydrogen) atoms.